The maximum Gasteiger partial charge on any atom is 0.253 e. The van der Waals surface area contributed by atoms with Crippen LogP contribution >= 0.6 is 0 Å². The first-order chi connectivity index (χ1) is 14.6. The van der Waals surface area contributed by atoms with E-state index < -0.39 is 0 Å². The summed E-state index contributed by atoms with van der Waals surface area (Å²) in [5.41, 5.74) is 1.51. The minimum absolute atomic E-state index is 0.0262. The molecule has 0 saturated carbocycles. The minimum atomic E-state index is -0.351. The quantitative estimate of drug-likeness (QED) is 0.677. The van der Waals surface area contributed by atoms with Crippen molar-refractivity contribution < 1.29 is 19.1 Å². The first-order valence-corrected chi connectivity index (χ1v) is 10.4. The Labute approximate surface area is 178 Å². The molecule has 30 heavy (non-hydrogen) atoms. The van der Waals surface area contributed by atoms with E-state index in [0.717, 1.165) is 18.4 Å². The van der Waals surface area contributed by atoms with Crippen LogP contribution in [0.15, 0.2) is 48.5 Å². The highest BCUT2D eigenvalue weighted by Crippen LogP contribution is 2.42. The molecule has 0 aliphatic carbocycles. The van der Waals surface area contributed by atoms with Gasteiger partial charge >= 0.3 is 0 Å². The number of nitrogens with one attached hydrogen (secondary N) is 1. The van der Waals surface area contributed by atoms with E-state index in [4.69, 9.17) is 9.47 Å². The molecule has 3 rings (SSSR count). The van der Waals surface area contributed by atoms with Gasteiger partial charge in [0, 0.05) is 36.7 Å². The maximum atomic E-state index is 13.1. The summed E-state index contributed by atoms with van der Waals surface area (Å²) >= 11 is 0. The molecule has 1 fully saturated rings. The zero-order chi connectivity index (χ0) is 21.5. The van der Waals surface area contributed by atoms with E-state index in [9.17, 15) is 9.59 Å². The van der Waals surface area contributed by atoms with Crippen LogP contribution < -0.4 is 14.8 Å². The highest BCUT2D eigenvalue weighted by molar-refractivity contribution is 5.95. The molecule has 2 amide bonds. The molecule has 2 aromatic rings. The Morgan fingerprint density at radius 2 is 1.80 bits per heavy atom. The molecule has 0 spiro atoms. The number of carbonyl (C=O) groups excluding carboxylic acids is 2. The SMILES string of the molecule is CCCCNC(=O)[C@H]1CN(C(=O)c2ccccc2)C[C@@H]1c1cccc(OC)c1OC. The number of amides is 2. The third-order valence-electron chi connectivity index (χ3n) is 5.63. The standard InChI is InChI=1S/C24H30N2O4/c1-4-5-14-25-23(27)20-16-26(24(28)17-10-7-6-8-11-17)15-19(20)18-12-9-13-21(29-2)22(18)30-3/h6-13,19-20H,4-5,14-16H2,1-3H3,(H,25,27)/t19-,20+/m1/s1. The number of benzene rings is 2. The molecule has 1 heterocycles. The predicted molar refractivity (Wildman–Crippen MR) is 116 cm³/mol. The summed E-state index contributed by atoms with van der Waals surface area (Å²) in [4.78, 5) is 27.9. The molecule has 0 bridgehead atoms. The van der Waals surface area contributed by atoms with Crippen molar-refractivity contribution in [1.82, 2.24) is 10.2 Å². The average Bonchev–Trinajstić information content (AvgIpc) is 3.24. The number of hydrogen-bond acceptors (Lipinski definition) is 4. The summed E-state index contributed by atoms with van der Waals surface area (Å²) in [6.45, 7) is 3.55. The normalized spacial score (nSPS) is 18.2. The molecule has 6 nitrogen and oxygen atoms in total. The van der Waals surface area contributed by atoms with E-state index in [2.05, 4.69) is 12.2 Å². The van der Waals surface area contributed by atoms with Gasteiger partial charge in [0.05, 0.1) is 20.1 Å². The molecular formula is C24H30N2O4. The molecule has 1 aliphatic heterocycles. The largest absolute Gasteiger partial charge is 0.493 e. The predicted octanol–water partition coefficient (Wildman–Crippen LogP) is 3.48. The molecule has 160 valence electrons. The topological polar surface area (TPSA) is 67.9 Å². The van der Waals surface area contributed by atoms with Crippen LogP contribution in [-0.4, -0.2) is 50.6 Å². The Morgan fingerprint density at radius 3 is 2.47 bits per heavy atom. The van der Waals surface area contributed by atoms with Crippen molar-refractivity contribution in [3.8, 4) is 11.5 Å². The Morgan fingerprint density at radius 1 is 1.03 bits per heavy atom. The second kappa shape index (κ2) is 10.1. The summed E-state index contributed by atoms with van der Waals surface area (Å²) in [5, 5.41) is 3.04. The van der Waals surface area contributed by atoms with Gasteiger partial charge in [-0.15, -0.1) is 0 Å². The fourth-order valence-electron chi connectivity index (χ4n) is 4.04. The molecule has 2 atom stereocenters. The monoisotopic (exact) mass is 410 g/mol. The molecule has 6 heteroatoms. The Hall–Kier alpha value is -3.02. The van der Waals surface area contributed by atoms with Crippen molar-refractivity contribution in [2.24, 2.45) is 5.92 Å². The third-order valence-corrected chi connectivity index (χ3v) is 5.63. The number of carbonyl (C=O) groups is 2. The summed E-state index contributed by atoms with van der Waals surface area (Å²) in [5.74, 6) is 0.617. The van der Waals surface area contributed by atoms with Crippen molar-refractivity contribution in [2.75, 3.05) is 33.9 Å². The fraction of sp³-hybridized carbons (Fsp3) is 0.417. The van der Waals surface area contributed by atoms with Gasteiger partial charge in [0.2, 0.25) is 5.91 Å². The number of unbranched alkanes of at least 4 members (excludes halogenated alkanes) is 1. The van der Waals surface area contributed by atoms with Gasteiger partial charge in [-0.3, -0.25) is 9.59 Å². The van der Waals surface area contributed by atoms with Gasteiger partial charge in [0.15, 0.2) is 11.5 Å². The fourth-order valence-corrected chi connectivity index (χ4v) is 4.04. The van der Waals surface area contributed by atoms with E-state index in [1.807, 2.05) is 36.4 Å². The number of hydrogen-bond donors (Lipinski definition) is 1. The van der Waals surface area contributed by atoms with E-state index in [1.165, 1.54) is 0 Å². The van der Waals surface area contributed by atoms with Crippen LogP contribution in [-0.2, 0) is 4.79 Å². The number of rotatable bonds is 8. The molecule has 1 saturated heterocycles. The zero-order valence-electron chi connectivity index (χ0n) is 17.9. The summed E-state index contributed by atoms with van der Waals surface area (Å²) in [6, 6.07) is 14.9. The zero-order valence-corrected chi connectivity index (χ0v) is 17.9. The van der Waals surface area contributed by atoms with E-state index >= 15 is 0 Å². The lowest BCUT2D eigenvalue weighted by Crippen LogP contribution is -2.36. The van der Waals surface area contributed by atoms with Gasteiger partial charge in [-0.05, 0) is 24.6 Å². The van der Waals surface area contributed by atoms with Crippen LogP contribution in [0.5, 0.6) is 11.5 Å². The summed E-state index contributed by atoms with van der Waals surface area (Å²) in [6.07, 6.45) is 1.94. The molecule has 0 unspecified atom stereocenters. The van der Waals surface area contributed by atoms with E-state index in [-0.39, 0.29) is 23.7 Å². The molecular weight excluding hydrogens is 380 g/mol. The Kier molecular flexibility index (Phi) is 7.33. The lowest BCUT2D eigenvalue weighted by atomic mass is 9.87. The van der Waals surface area contributed by atoms with E-state index in [0.29, 0.717) is 36.7 Å². The van der Waals surface area contributed by atoms with E-state index in [1.54, 1.807) is 31.3 Å². The first-order valence-electron chi connectivity index (χ1n) is 10.4. The minimum Gasteiger partial charge on any atom is -0.493 e. The highest BCUT2D eigenvalue weighted by atomic mass is 16.5. The van der Waals surface area contributed by atoms with Crippen molar-refractivity contribution in [2.45, 2.75) is 25.7 Å². The lowest BCUT2D eigenvalue weighted by Gasteiger charge is -2.21. The first kappa shape index (κ1) is 21.7. The van der Waals surface area contributed by atoms with Gasteiger partial charge in [-0.25, -0.2) is 0 Å². The molecule has 1 N–H and O–H groups in total. The number of likely N-dealkylation sites (tertiary alicyclic amines) is 1. The highest BCUT2D eigenvalue weighted by Gasteiger charge is 2.42. The van der Waals surface area contributed by atoms with Crippen molar-refractivity contribution in [1.29, 1.82) is 0 Å². The molecule has 0 aromatic heterocycles. The maximum absolute atomic E-state index is 13.1. The smallest absolute Gasteiger partial charge is 0.253 e. The second-order valence-electron chi connectivity index (χ2n) is 7.52. The van der Waals surface area contributed by atoms with Gasteiger partial charge in [0.25, 0.3) is 5.91 Å². The van der Waals surface area contributed by atoms with Crippen LogP contribution in [0.2, 0.25) is 0 Å². The lowest BCUT2D eigenvalue weighted by molar-refractivity contribution is -0.124. The summed E-state index contributed by atoms with van der Waals surface area (Å²) in [7, 11) is 3.19. The Bertz CT molecular complexity index is 869. The number of methoxy groups -OCH3 is 2. The van der Waals surface area contributed by atoms with Crippen LogP contribution in [0.25, 0.3) is 0 Å². The molecule has 2 aromatic carbocycles. The summed E-state index contributed by atoms with van der Waals surface area (Å²) < 4.78 is 11.1. The van der Waals surface area contributed by atoms with Gasteiger partial charge in [-0.2, -0.15) is 0 Å². The number of para-hydroxylation sites is 1. The van der Waals surface area contributed by atoms with Crippen LogP contribution in [0.3, 0.4) is 0 Å². The third kappa shape index (κ3) is 4.58. The number of ether oxygens (including phenoxy) is 2. The van der Waals surface area contributed by atoms with Gasteiger partial charge in [-0.1, -0.05) is 43.7 Å². The second-order valence-corrected chi connectivity index (χ2v) is 7.52. The molecule has 0 radical (unpaired) electrons. The van der Waals surface area contributed by atoms with Crippen molar-refractivity contribution >= 4 is 11.8 Å². The number of nitrogens with zero attached hydrogens (tertiary/aromatic N) is 1. The Balaban J connectivity index is 1.92. The van der Waals surface area contributed by atoms with Gasteiger partial charge < -0.3 is 19.7 Å². The van der Waals surface area contributed by atoms with Gasteiger partial charge in [0.1, 0.15) is 0 Å². The molecule has 1 aliphatic rings. The van der Waals surface area contributed by atoms with Crippen LogP contribution in [0.1, 0.15) is 41.6 Å². The average molecular weight is 411 g/mol. The van der Waals surface area contributed by atoms with Crippen molar-refractivity contribution in [3.63, 3.8) is 0 Å². The van der Waals surface area contributed by atoms with Crippen molar-refractivity contribution in [3.05, 3.63) is 59.7 Å². The van der Waals surface area contributed by atoms with Crippen LogP contribution in [0.4, 0.5) is 0 Å². The van der Waals surface area contributed by atoms with Crippen LogP contribution in [0, 0.1) is 5.92 Å².